The van der Waals surface area contributed by atoms with E-state index in [2.05, 4.69) is 0 Å². The van der Waals surface area contributed by atoms with Gasteiger partial charge in [-0.3, -0.25) is 4.79 Å². The molecule has 4 nitrogen and oxygen atoms in total. The van der Waals surface area contributed by atoms with E-state index in [9.17, 15) is 4.79 Å². The molecule has 2 rings (SSSR count). The first kappa shape index (κ1) is 14.0. The van der Waals surface area contributed by atoms with Crippen molar-refractivity contribution in [1.29, 1.82) is 5.26 Å². The molecule has 0 atom stereocenters. The average Bonchev–Trinajstić information content (AvgIpc) is 2.50. The number of ether oxygens (including phenoxy) is 1. The largest absolute Gasteiger partial charge is 0.385 e. The molecule has 1 heterocycles. The second-order valence-electron chi connectivity index (χ2n) is 4.41. The number of pyridine rings is 1. The Balaban J connectivity index is 2.49. The van der Waals surface area contributed by atoms with E-state index in [4.69, 9.17) is 10.00 Å². The van der Waals surface area contributed by atoms with Crippen LogP contribution in [0.2, 0.25) is 0 Å². The SMILES string of the molecule is COCCCn1c(-c2ccccc2)ccc(C#N)c1=O. The van der Waals surface area contributed by atoms with E-state index in [1.54, 1.807) is 17.7 Å². The van der Waals surface area contributed by atoms with Gasteiger partial charge in [-0.25, -0.2) is 0 Å². The highest BCUT2D eigenvalue weighted by atomic mass is 16.5. The molecule has 0 bridgehead atoms. The summed E-state index contributed by atoms with van der Waals surface area (Å²) >= 11 is 0. The van der Waals surface area contributed by atoms with Gasteiger partial charge in [0.15, 0.2) is 0 Å². The molecule has 0 N–H and O–H groups in total. The molecule has 0 fully saturated rings. The quantitative estimate of drug-likeness (QED) is 0.782. The fourth-order valence-corrected chi connectivity index (χ4v) is 2.11. The van der Waals surface area contributed by atoms with Gasteiger partial charge in [0.1, 0.15) is 11.6 Å². The van der Waals surface area contributed by atoms with Gasteiger partial charge in [0.25, 0.3) is 5.56 Å². The molecule has 0 saturated heterocycles. The van der Waals surface area contributed by atoms with Crippen molar-refractivity contribution in [3.8, 4) is 17.3 Å². The van der Waals surface area contributed by atoms with E-state index in [1.165, 1.54) is 0 Å². The second-order valence-corrected chi connectivity index (χ2v) is 4.41. The van der Waals surface area contributed by atoms with Crippen LogP contribution in [0, 0.1) is 11.3 Å². The zero-order chi connectivity index (χ0) is 14.4. The number of aromatic nitrogens is 1. The highest BCUT2D eigenvalue weighted by molar-refractivity contribution is 5.60. The van der Waals surface area contributed by atoms with Crippen molar-refractivity contribution in [1.82, 2.24) is 4.57 Å². The Morgan fingerprint density at radius 2 is 1.95 bits per heavy atom. The Bertz CT molecular complexity index is 669. The summed E-state index contributed by atoms with van der Waals surface area (Å²) in [5.74, 6) is 0. The van der Waals surface area contributed by atoms with E-state index >= 15 is 0 Å². The Morgan fingerprint density at radius 3 is 2.60 bits per heavy atom. The molecule has 102 valence electrons. The molecule has 0 saturated carbocycles. The summed E-state index contributed by atoms with van der Waals surface area (Å²) in [7, 11) is 1.63. The molecule has 4 heteroatoms. The first-order valence-electron chi connectivity index (χ1n) is 6.46. The summed E-state index contributed by atoms with van der Waals surface area (Å²) in [5.41, 5.74) is 1.71. The van der Waals surface area contributed by atoms with Gasteiger partial charge in [-0.2, -0.15) is 5.26 Å². The van der Waals surface area contributed by atoms with Crippen LogP contribution in [0.1, 0.15) is 12.0 Å². The molecular weight excluding hydrogens is 252 g/mol. The van der Waals surface area contributed by atoms with Gasteiger partial charge in [-0.1, -0.05) is 30.3 Å². The smallest absolute Gasteiger partial charge is 0.268 e. The first-order chi connectivity index (χ1) is 9.77. The number of hydrogen-bond acceptors (Lipinski definition) is 3. The number of methoxy groups -OCH3 is 1. The summed E-state index contributed by atoms with van der Waals surface area (Å²) < 4.78 is 6.67. The standard InChI is InChI=1S/C16H16N2O2/c1-20-11-5-10-18-15(13-6-3-2-4-7-13)9-8-14(12-17)16(18)19/h2-4,6-9H,5,10-11H2,1H3. The lowest BCUT2D eigenvalue weighted by Gasteiger charge is -2.13. The zero-order valence-electron chi connectivity index (χ0n) is 11.4. The monoisotopic (exact) mass is 268 g/mol. The number of rotatable bonds is 5. The molecular formula is C16H16N2O2. The van der Waals surface area contributed by atoms with Crippen LogP contribution in [0.3, 0.4) is 0 Å². The van der Waals surface area contributed by atoms with Crippen molar-refractivity contribution in [2.75, 3.05) is 13.7 Å². The number of benzene rings is 1. The highest BCUT2D eigenvalue weighted by Gasteiger charge is 2.09. The van der Waals surface area contributed by atoms with E-state index in [0.717, 1.165) is 17.7 Å². The van der Waals surface area contributed by atoms with Crippen LogP contribution in [-0.2, 0) is 11.3 Å². The van der Waals surface area contributed by atoms with Crippen molar-refractivity contribution in [2.45, 2.75) is 13.0 Å². The maximum Gasteiger partial charge on any atom is 0.268 e. The van der Waals surface area contributed by atoms with Crippen LogP contribution in [0.4, 0.5) is 0 Å². The molecule has 0 spiro atoms. The van der Waals surface area contributed by atoms with Gasteiger partial charge >= 0.3 is 0 Å². The summed E-state index contributed by atoms with van der Waals surface area (Å²) in [6, 6.07) is 15.0. The first-order valence-corrected chi connectivity index (χ1v) is 6.46. The molecule has 0 radical (unpaired) electrons. The molecule has 0 aliphatic carbocycles. The van der Waals surface area contributed by atoms with Crippen LogP contribution in [0.25, 0.3) is 11.3 Å². The lowest BCUT2D eigenvalue weighted by Crippen LogP contribution is -2.24. The van der Waals surface area contributed by atoms with E-state index in [1.807, 2.05) is 42.5 Å². The maximum absolute atomic E-state index is 12.3. The summed E-state index contributed by atoms with van der Waals surface area (Å²) in [6.07, 6.45) is 0.727. The number of nitrogens with zero attached hydrogens (tertiary/aromatic N) is 2. The predicted molar refractivity (Wildman–Crippen MR) is 77.3 cm³/mol. The van der Waals surface area contributed by atoms with Gasteiger partial charge in [-0.05, 0) is 24.1 Å². The van der Waals surface area contributed by atoms with E-state index in [0.29, 0.717) is 13.2 Å². The molecule has 1 aromatic heterocycles. The lowest BCUT2D eigenvalue weighted by molar-refractivity contribution is 0.190. The van der Waals surface area contributed by atoms with Crippen LogP contribution in [-0.4, -0.2) is 18.3 Å². The minimum Gasteiger partial charge on any atom is -0.385 e. The van der Waals surface area contributed by atoms with Gasteiger partial charge in [-0.15, -0.1) is 0 Å². The third kappa shape index (κ3) is 2.95. The normalized spacial score (nSPS) is 10.2. The van der Waals surface area contributed by atoms with Crippen molar-refractivity contribution >= 4 is 0 Å². The molecule has 20 heavy (non-hydrogen) atoms. The van der Waals surface area contributed by atoms with E-state index < -0.39 is 0 Å². The second kappa shape index (κ2) is 6.69. The molecule has 2 aromatic rings. The third-order valence-corrected chi connectivity index (χ3v) is 3.09. The topological polar surface area (TPSA) is 55.0 Å². The summed E-state index contributed by atoms with van der Waals surface area (Å²) in [4.78, 5) is 12.3. The molecule has 0 aliphatic heterocycles. The predicted octanol–water partition coefficient (Wildman–Crippen LogP) is 2.42. The lowest BCUT2D eigenvalue weighted by atomic mass is 10.1. The molecule has 1 aromatic carbocycles. The molecule has 0 unspecified atom stereocenters. The van der Waals surface area contributed by atoms with Crippen molar-refractivity contribution in [3.05, 3.63) is 58.4 Å². The van der Waals surface area contributed by atoms with Crippen molar-refractivity contribution in [2.24, 2.45) is 0 Å². The number of hydrogen-bond donors (Lipinski definition) is 0. The van der Waals surface area contributed by atoms with Gasteiger partial charge in [0, 0.05) is 20.3 Å². The van der Waals surface area contributed by atoms with Crippen LogP contribution in [0.5, 0.6) is 0 Å². The Hall–Kier alpha value is -2.38. The van der Waals surface area contributed by atoms with Gasteiger partial charge < -0.3 is 9.30 Å². The maximum atomic E-state index is 12.3. The Labute approximate surface area is 117 Å². The number of nitriles is 1. The fraction of sp³-hybridized carbons (Fsp3) is 0.250. The van der Waals surface area contributed by atoms with Gasteiger partial charge in [0.05, 0.1) is 5.69 Å². The molecule has 0 aliphatic rings. The van der Waals surface area contributed by atoms with Crippen molar-refractivity contribution in [3.63, 3.8) is 0 Å². The van der Waals surface area contributed by atoms with Crippen LogP contribution < -0.4 is 5.56 Å². The average molecular weight is 268 g/mol. The van der Waals surface area contributed by atoms with Crippen LogP contribution >= 0.6 is 0 Å². The minimum absolute atomic E-state index is 0.169. The Morgan fingerprint density at radius 1 is 1.20 bits per heavy atom. The summed E-state index contributed by atoms with van der Waals surface area (Å²) in [6.45, 7) is 1.11. The Kier molecular flexibility index (Phi) is 4.70. The highest BCUT2D eigenvalue weighted by Crippen LogP contribution is 2.18. The zero-order valence-corrected chi connectivity index (χ0v) is 11.4. The van der Waals surface area contributed by atoms with Crippen molar-refractivity contribution < 1.29 is 4.74 Å². The van der Waals surface area contributed by atoms with Gasteiger partial charge in [0.2, 0.25) is 0 Å². The van der Waals surface area contributed by atoms with Crippen LogP contribution in [0.15, 0.2) is 47.3 Å². The molecule has 0 amide bonds. The third-order valence-electron chi connectivity index (χ3n) is 3.09. The fourth-order valence-electron chi connectivity index (χ4n) is 2.11. The minimum atomic E-state index is -0.245. The summed E-state index contributed by atoms with van der Waals surface area (Å²) in [5, 5.41) is 8.99. The van der Waals surface area contributed by atoms with E-state index in [-0.39, 0.29) is 11.1 Å².